The normalized spacial score (nSPS) is 21.0. The molecule has 31 heavy (non-hydrogen) atoms. The summed E-state index contributed by atoms with van der Waals surface area (Å²) in [6.07, 6.45) is 7.36. The van der Waals surface area contributed by atoms with Crippen LogP contribution in [-0.4, -0.2) is 81.5 Å². The SMILES string of the molecule is CN=C(NCC1CCCCN1Cc1ccccc1)N1CCC(OCCCOC)CC1.I. The van der Waals surface area contributed by atoms with Gasteiger partial charge in [-0.15, -0.1) is 24.0 Å². The number of ether oxygens (including phenoxy) is 2. The van der Waals surface area contributed by atoms with Gasteiger partial charge in [0.15, 0.2) is 5.96 Å². The van der Waals surface area contributed by atoms with Crippen molar-refractivity contribution >= 4 is 29.9 Å². The lowest BCUT2D eigenvalue weighted by Crippen LogP contribution is -2.51. The highest BCUT2D eigenvalue weighted by atomic mass is 127. The first-order valence-corrected chi connectivity index (χ1v) is 11.6. The van der Waals surface area contributed by atoms with Crippen molar-refractivity contribution in [3.05, 3.63) is 35.9 Å². The molecule has 0 spiro atoms. The highest BCUT2D eigenvalue weighted by molar-refractivity contribution is 14.0. The molecule has 0 amide bonds. The van der Waals surface area contributed by atoms with Crippen LogP contribution in [0.1, 0.15) is 44.1 Å². The number of aliphatic imine (C=N–C) groups is 1. The molecule has 2 fully saturated rings. The van der Waals surface area contributed by atoms with Crippen LogP contribution in [0.5, 0.6) is 0 Å². The summed E-state index contributed by atoms with van der Waals surface area (Å²) in [7, 11) is 3.64. The number of guanidine groups is 1. The molecule has 7 heteroatoms. The van der Waals surface area contributed by atoms with Crippen molar-refractivity contribution in [1.29, 1.82) is 0 Å². The minimum Gasteiger partial charge on any atom is -0.385 e. The Labute approximate surface area is 205 Å². The van der Waals surface area contributed by atoms with Crippen LogP contribution in [0.15, 0.2) is 35.3 Å². The van der Waals surface area contributed by atoms with Crippen molar-refractivity contribution in [3.8, 4) is 0 Å². The van der Waals surface area contributed by atoms with Gasteiger partial charge in [-0.25, -0.2) is 0 Å². The third-order valence-corrected chi connectivity index (χ3v) is 6.27. The number of benzene rings is 1. The second kappa shape index (κ2) is 15.0. The van der Waals surface area contributed by atoms with E-state index in [1.165, 1.54) is 31.4 Å². The first-order valence-electron chi connectivity index (χ1n) is 11.6. The van der Waals surface area contributed by atoms with Gasteiger partial charge in [0.05, 0.1) is 6.10 Å². The molecule has 2 heterocycles. The monoisotopic (exact) mass is 544 g/mol. The molecule has 1 N–H and O–H groups in total. The molecule has 6 nitrogen and oxygen atoms in total. The molecule has 176 valence electrons. The molecular weight excluding hydrogens is 503 g/mol. The summed E-state index contributed by atoms with van der Waals surface area (Å²) in [5, 5.41) is 3.68. The van der Waals surface area contributed by atoms with Crippen molar-refractivity contribution in [2.24, 2.45) is 4.99 Å². The Kier molecular flexibility index (Phi) is 12.8. The van der Waals surface area contributed by atoms with Gasteiger partial charge in [-0.05, 0) is 44.2 Å². The molecule has 1 unspecified atom stereocenters. The lowest BCUT2D eigenvalue weighted by atomic mass is 10.0. The second-order valence-corrected chi connectivity index (χ2v) is 8.44. The Morgan fingerprint density at radius 2 is 1.84 bits per heavy atom. The van der Waals surface area contributed by atoms with Gasteiger partial charge in [0.2, 0.25) is 0 Å². The van der Waals surface area contributed by atoms with Crippen molar-refractivity contribution in [1.82, 2.24) is 15.1 Å². The van der Waals surface area contributed by atoms with E-state index in [1.807, 2.05) is 7.05 Å². The smallest absolute Gasteiger partial charge is 0.193 e. The maximum absolute atomic E-state index is 6.00. The third kappa shape index (κ3) is 8.86. The summed E-state index contributed by atoms with van der Waals surface area (Å²) in [6.45, 7) is 6.78. The van der Waals surface area contributed by atoms with Gasteiger partial charge in [0.25, 0.3) is 0 Å². The van der Waals surface area contributed by atoms with Crippen molar-refractivity contribution < 1.29 is 9.47 Å². The minimum absolute atomic E-state index is 0. The van der Waals surface area contributed by atoms with Crippen LogP contribution in [0, 0.1) is 0 Å². The molecule has 2 aliphatic rings. The zero-order valence-electron chi connectivity index (χ0n) is 19.3. The molecule has 1 atom stereocenters. The minimum atomic E-state index is 0. The van der Waals surface area contributed by atoms with Crippen LogP contribution in [0.2, 0.25) is 0 Å². The van der Waals surface area contributed by atoms with Gasteiger partial charge in [0.1, 0.15) is 0 Å². The highest BCUT2D eigenvalue weighted by Gasteiger charge is 2.25. The van der Waals surface area contributed by atoms with Crippen molar-refractivity contribution in [3.63, 3.8) is 0 Å². The summed E-state index contributed by atoms with van der Waals surface area (Å²) >= 11 is 0. The molecule has 1 aromatic rings. The molecule has 1 aromatic carbocycles. The first kappa shape index (κ1) is 26.4. The highest BCUT2D eigenvalue weighted by Crippen LogP contribution is 2.20. The van der Waals surface area contributed by atoms with E-state index in [0.717, 1.165) is 64.6 Å². The van der Waals surface area contributed by atoms with Crippen molar-refractivity contribution in [2.75, 3.05) is 53.6 Å². The number of rotatable bonds is 9. The average molecular weight is 545 g/mol. The largest absolute Gasteiger partial charge is 0.385 e. The Hall–Kier alpha value is -0.900. The maximum Gasteiger partial charge on any atom is 0.193 e. The first-order chi connectivity index (χ1) is 14.8. The summed E-state index contributed by atoms with van der Waals surface area (Å²) < 4.78 is 11.1. The van der Waals surface area contributed by atoms with Crippen LogP contribution in [0.3, 0.4) is 0 Å². The Balaban J connectivity index is 0.00000341. The number of piperidine rings is 2. The van der Waals surface area contributed by atoms with E-state index in [1.54, 1.807) is 7.11 Å². The predicted molar refractivity (Wildman–Crippen MR) is 138 cm³/mol. The molecule has 0 aromatic heterocycles. The van der Waals surface area contributed by atoms with E-state index in [4.69, 9.17) is 9.47 Å². The van der Waals surface area contributed by atoms with Gasteiger partial charge < -0.3 is 19.7 Å². The zero-order chi connectivity index (χ0) is 21.0. The number of nitrogens with zero attached hydrogens (tertiary/aromatic N) is 3. The molecule has 0 bridgehead atoms. The number of hydrogen-bond acceptors (Lipinski definition) is 4. The Bertz CT molecular complexity index is 623. The number of methoxy groups -OCH3 is 1. The zero-order valence-corrected chi connectivity index (χ0v) is 21.6. The summed E-state index contributed by atoms with van der Waals surface area (Å²) in [5.41, 5.74) is 1.40. The van der Waals surface area contributed by atoms with E-state index < -0.39 is 0 Å². The Morgan fingerprint density at radius 3 is 2.55 bits per heavy atom. The van der Waals surface area contributed by atoms with Crippen LogP contribution >= 0.6 is 24.0 Å². The second-order valence-electron chi connectivity index (χ2n) is 8.44. The summed E-state index contributed by atoms with van der Waals surface area (Å²) in [4.78, 5) is 9.60. The van der Waals surface area contributed by atoms with Gasteiger partial charge >= 0.3 is 0 Å². The van der Waals surface area contributed by atoms with Gasteiger partial charge in [-0.1, -0.05) is 36.8 Å². The number of likely N-dealkylation sites (tertiary alicyclic amines) is 2. The van der Waals surface area contributed by atoms with Crippen LogP contribution in [0.4, 0.5) is 0 Å². The quantitative estimate of drug-likeness (QED) is 0.222. The molecule has 2 saturated heterocycles. The van der Waals surface area contributed by atoms with E-state index in [9.17, 15) is 0 Å². The van der Waals surface area contributed by atoms with Crippen LogP contribution in [0.25, 0.3) is 0 Å². The fourth-order valence-corrected chi connectivity index (χ4v) is 4.55. The molecule has 0 aliphatic carbocycles. The number of hydrogen-bond donors (Lipinski definition) is 1. The molecule has 2 aliphatic heterocycles. The standard InChI is InChI=1S/C24H40N4O2.HI/c1-25-24(27-15-12-23(13-16-27)30-18-8-17-29-2)26-19-22-11-6-7-14-28(22)20-21-9-4-3-5-10-21;/h3-5,9-10,22-23H,6-8,11-20H2,1-2H3,(H,25,26);1H. The van der Waals surface area contributed by atoms with Crippen LogP contribution < -0.4 is 5.32 Å². The van der Waals surface area contributed by atoms with Gasteiger partial charge in [0, 0.05) is 59.6 Å². The van der Waals surface area contributed by atoms with E-state index in [2.05, 4.69) is 50.4 Å². The van der Waals surface area contributed by atoms with Crippen LogP contribution in [-0.2, 0) is 16.0 Å². The number of halogens is 1. The topological polar surface area (TPSA) is 49.3 Å². The molecule has 0 saturated carbocycles. The maximum atomic E-state index is 6.00. The van der Waals surface area contributed by atoms with Gasteiger partial charge in [-0.3, -0.25) is 9.89 Å². The molecule has 0 radical (unpaired) electrons. The Morgan fingerprint density at radius 1 is 1.06 bits per heavy atom. The predicted octanol–water partition coefficient (Wildman–Crippen LogP) is 3.75. The fourth-order valence-electron chi connectivity index (χ4n) is 4.55. The number of nitrogens with one attached hydrogen (secondary N) is 1. The summed E-state index contributed by atoms with van der Waals surface area (Å²) in [5.74, 6) is 1.04. The lowest BCUT2D eigenvalue weighted by Gasteiger charge is -2.38. The van der Waals surface area contributed by atoms with Crippen molar-refractivity contribution in [2.45, 2.75) is 57.2 Å². The van der Waals surface area contributed by atoms with E-state index in [-0.39, 0.29) is 24.0 Å². The van der Waals surface area contributed by atoms with E-state index in [0.29, 0.717) is 12.1 Å². The lowest BCUT2D eigenvalue weighted by molar-refractivity contribution is 0.00982. The molecular formula is C24H41IN4O2. The van der Waals surface area contributed by atoms with Gasteiger partial charge in [-0.2, -0.15) is 0 Å². The average Bonchev–Trinajstić information content (AvgIpc) is 2.80. The fraction of sp³-hybridized carbons (Fsp3) is 0.708. The summed E-state index contributed by atoms with van der Waals surface area (Å²) in [6, 6.07) is 11.4. The van der Waals surface area contributed by atoms with E-state index >= 15 is 0 Å². The third-order valence-electron chi connectivity index (χ3n) is 6.27. The molecule has 3 rings (SSSR count).